The molecule has 0 aliphatic carbocycles. The molecule has 1 atom stereocenters. The van der Waals surface area contributed by atoms with Gasteiger partial charge in [-0.25, -0.2) is 4.98 Å². The van der Waals surface area contributed by atoms with Crippen LogP contribution in [0.4, 0.5) is 0 Å². The molecule has 3 aromatic rings. The van der Waals surface area contributed by atoms with Crippen molar-refractivity contribution in [2.75, 3.05) is 0 Å². The third-order valence-electron chi connectivity index (χ3n) is 6.61. The van der Waals surface area contributed by atoms with Gasteiger partial charge in [-0.05, 0) is 42.0 Å². The van der Waals surface area contributed by atoms with E-state index >= 15 is 0 Å². The number of carbonyl (C=O) groups excluding carboxylic acids is 3. The van der Waals surface area contributed by atoms with Gasteiger partial charge in [0.2, 0.25) is 11.8 Å². The molecule has 2 aromatic carbocycles. The quantitative estimate of drug-likeness (QED) is 0.593. The molecule has 3 heterocycles. The fraction of sp³-hybridized carbons (Fsp3) is 0.333. The van der Waals surface area contributed by atoms with Crippen molar-refractivity contribution in [1.29, 1.82) is 0 Å². The minimum Gasteiger partial charge on any atom is -0.333 e. The van der Waals surface area contributed by atoms with Crippen LogP contribution < -0.4 is 5.32 Å². The minimum absolute atomic E-state index is 0.168. The summed E-state index contributed by atoms with van der Waals surface area (Å²) in [7, 11) is 1.98. The second kappa shape index (κ2) is 8.56. The van der Waals surface area contributed by atoms with Gasteiger partial charge in [-0.3, -0.25) is 19.7 Å². The van der Waals surface area contributed by atoms with E-state index in [-0.39, 0.29) is 18.2 Å². The van der Waals surface area contributed by atoms with Crippen LogP contribution in [0.25, 0.3) is 22.5 Å². The van der Waals surface area contributed by atoms with Crippen molar-refractivity contribution in [2.24, 2.45) is 13.0 Å². The Bertz CT molecular complexity index is 1290. The predicted octanol–water partition coefficient (Wildman–Crippen LogP) is 3.71. The van der Waals surface area contributed by atoms with Crippen LogP contribution in [0.15, 0.2) is 48.8 Å². The standard InChI is InChI=1S/C27H28N4O3/c1-16(2)12-17-4-6-18(7-5-17)25-24(28-15-30(25)3)19-8-9-21-20(13-19)14-31(27(21)34)22-10-11-23(32)29-26(22)33/h4-9,13,15-16,22H,10-12,14H2,1-3H3,(H,29,32,33). The maximum Gasteiger partial charge on any atom is 0.255 e. The molecule has 1 saturated heterocycles. The van der Waals surface area contributed by atoms with Crippen LogP contribution in [-0.2, 0) is 29.6 Å². The third-order valence-corrected chi connectivity index (χ3v) is 6.61. The SMILES string of the molecule is CC(C)Cc1ccc(-c2c(-c3ccc4c(c3)CN(C3CCC(=O)NC3=O)C4=O)ncn2C)cc1. The van der Waals surface area contributed by atoms with Crippen LogP contribution >= 0.6 is 0 Å². The molecule has 1 unspecified atom stereocenters. The molecule has 0 saturated carbocycles. The van der Waals surface area contributed by atoms with E-state index in [1.165, 1.54) is 5.56 Å². The number of hydrogen-bond acceptors (Lipinski definition) is 4. The molecule has 1 fully saturated rings. The largest absolute Gasteiger partial charge is 0.333 e. The predicted molar refractivity (Wildman–Crippen MR) is 129 cm³/mol. The first-order chi connectivity index (χ1) is 16.3. The average Bonchev–Trinajstić information content (AvgIpc) is 3.34. The smallest absolute Gasteiger partial charge is 0.255 e. The van der Waals surface area contributed by atoms with Crippen LogP contribution in [0.1, 0.15) is 48.2 Å². The lowest BCUT2D eigenvalue weighted by atomic mass is 9.98. The molecule has 34 heavy (non-hydrogen) atoms. The Labute approximate surface area is 198 Å². The monoisotopic (exact) mass is 456 g/mol. The van der Waals surface area contributed by atoms with Gasteiger partial charge in [-0.1, -0.05) is 44.2 Å². The lowest BCUT2D eigenvalue weighted by Gasteiger charge is -2.29. The van der Waals surface area contributed by atoms with Gasteiger partial charge in [0, 0.05) is 36.7 Å². The molecule has 2 aliphatic heterocycles. The number of fused-ring (bicyclic) bond motifs is 1. The molecule has 0 bridgehead atoms. The molecular weight excluding hydrogens is 428 g/mol. The number of rotatable bonds is 5. The molecule has 2 aliphatic rings. The van der Waals surface area contributed by atoms with Gasteiger partial charge in [0.05, 0.1) is 17.7 Å². The second-order valence-corrected chi connectivity index (χ2v) is 9.62. The van der Waals surface area contributed by atoms with E-state index in [0.29, 0.717) is 24.4 Å². The van der Waals surface area contributed by atoms with Gasteiger partial charge in [-0.2, -0.15) is 0 Å². The second-order valence-electron chi connectivity index (χ2n) is 9.62. The van der Waals surface area contributed by atoms with Crippen molar-refractivity contribution in [3.63, 3.8) is 0 Å². The molecule has 1 N–H and O–H groups in total. The number of benzene rings is 2. The van der Waals surface area contributed by atoms with E-state index in [1.807, 2.05) is 29.8 Å². The number of nitrogens with one attached hydrogen (secondary N) is 1. The molecule has 0 radical (unpaired) electrons. The molecule has 5 rings (SSSR count). The van der Waals surface area contributed by atoms with Crippen molar-refractivity contribution in [3.05, 3.63) is 65.5 Å². The Morgan fingerprint density at radius 3 is 2.50 bits per heavy atom. The van der Waals surface area contributed by atoms with Crippen molar-refractivity contribution in [2.45, 2.75) is 45.7 Å². The number of piperidine rings is 1. The van der Waals surface area contributed by atoms with Gasteiger partial charge < -0.3 is 9.47 Å². The number of hydrogen-bond donors (Lipinski definition) is 1. The number of imidazole rings is 1. The fourth-order valence-electron chi connectivity index (χ4n) is 4.97. The Kier molecular flexibility index (Phi) is 5.55. The maximum absolute atomic E-state index is 13.0. The van der Waals surface area contributed by atoms with Crippen LogP contribution in [0.3, 0.4) is 0 Å². The van der Waals surface area contributed by atoms with Crippen LogP contribution in [0.5, 0.6) is 0 Å². The van der Waals surface area contributed by atoms with E-state index in [2.05, 4.69) is 48.4 Å². The zero-order valence-electron chi connectivity index (χ0n) is 19.7. The van der Waals surface area contributed by atoms with Crippen molar-refractivity contribution >= 4 is 17.7 Å². The highest BCUT2D eigenvalue weighted by Crippen LogP contribution is 2.35. The van der Waals surface area contributed by atoms with Crippen LogP contribution in [0, 0.1) is 5.92 Å². The average molecular weight is 457 g/mol. The van der Waals surface area contributed by atoms with Gasteiger partial charge in [0.1, 0.15) is 6.04 Å². The van der Waals surface area contributed by atoms with E-state index in [9.17, 15) is 14.4 Å². The zero-order chi connectivity index (χ0) is 24.0. The summed E-state index contributed by atoms with van der Waals surface area (Å²) >= 11 is 0. The first-order valence-corrected chi connectivity index (χ1v) is 11.7. The number of aryl methyl sites for hydroxylation is 1. The maximum atomic E-state index is 13.0. The molecule has 0 spiro atoms. The Balaban J connectivity index is 1.44. The zero-order valence-corrected chi connectivity index (χ0v) is 19.7. The highest BCUT2D eigenvalue weighted by molar-refractivity contribution is 6.05. The summed E-state index contributed by atoms with van der Waals surface area (Å²) < 4.78 is 2.01. The summed E-state index contributed by atoms with van der Waals surface area (Å²) in [5, 5.41) is 2.35. The molecule has 174 valence electrons. The third kappa shape index (κ3) is 3.91. The first kappa shape index (κ1) is 22.1. The topological polar surface area (TPSA) is 84.3 Å². The first-order valence-electron chi connectivity index (χ1n) is 11.7. The summed E-state index contributed by atoms with van der Waals surface area (Å²) in [5.41, 5.74) is 6.67. The molecule has 7 nitrogen and oxygen atoms in total. The highest BCUT2D eigenvalue weighted by atomic mass is 16.2. The van der Waals surface area contributed by atoms with E-state index in [1.54, 1.807) is 11.2 Å². The number of imide groups is 1. The van der Waals surface area contributed by atoms with E-state index in [0.717, 1.165) is 34.5 Å². The summed E-state index contributed by atoms with van der Waals surface area (Å²) in [5.74, 6) is -0.247. The number of nitrogens with zero attached hydrogens (tertiary/aromatic N) is 3. The molecule has 7 heteroatoms. The number of amides is 3. The van der Waals surface area contributed by atoms with E-state index in [4.69, 9.17) is 0 Å². The van der Waals surface area contributed by atoms with Gasteiger partial charge in [0.25, 0.3) is 5.91 Å². The van der Waals surface area contributed by atoms with Gasteiger partial charge in [-0.15, -0.1) is 0 Å². The van der Waals surface area contributed by atoms with Gasteiger partial charge >= 0.3 is 0 Å². The Morgan fingerprint density at radius 1 is 1.06 bits per heavy atom. The normalized spacial score (nSPS) is 17.9. The lowest BCUT2D eigenvalue weighted by Crippen LogP contribution is -2.52. The lowest BCUT2D eigenvalue weighted by molar-refractivity contribution is -0.136. The van der Waals surface area contributed by atoms with Crippen LogP contribution in [-0.4, -0.2) is 38.2 Å². The van der Waals surface area contributed by atoms with Crippen molar-refractivity contribution < 1.29 is 14.4 Å². The molecule has 1 aromatic heterocycles. The number of carbonyl (C=O) groups is 3. The summed E-state index contributed by atoms with van der Waals surface area (Å²) in [6.07, 6.45) is 3.45. The fourth-order valence-corrected chi connectivity index (χ4v) is 4.97. The molecule has 3 amide bonds. The minimum atomic E-state index is -0.615. The summed E-state index contributed by atoms with van der Waals surface area (Å²) in [6.45, 7) is 4.78. The van der Waals surface area contributed by atoms with E-state index < -0.39 is 11.9 Å². The molecular formula is C27H28N4O3. The summed E-state index contributed by atoms with van der Waals surface area (Å²) in [6, 6.07) is 13.7. The van der Waals surface area contributed by atoms with Crippen molar-refractivity contribution in [3.8, 4) is 22.5 Å². The number of aromatic nitrogens is 2. The summed E-state index contributed by atoms with van der Waals surface area (Å²) in [4.78, 5) is 43.1. The Morgan fingerprint density at radius 2 is 1.79 bits per heavy atom. The van der Waals surface area contributed by atoms with Crippen molar-refractivity contribution in [1.82, 2.24) is 19.8 Å². The van der Waals surface area contributed by atoms with Crippen LogP contribution in [0.2, 0.25) is 0 Å². The van der Waals surface area contributed by atoms with Gasteiger partial charge in [0.15, 0.2) is 0 Å². The highest BCUT2D eigenvalue weighted by Gasteiger charge is 2.39. The Hall–Kier alpha value is -3.74.